The Balaban J connectivity index is 2.17. The molecule has 2 heterocycles. The lowest BCUT2D eigenvalue weighted by molar-refractivity contribution is -0.209. The predicted octanol–water partition coefficient (Wildman–Crippen LogP) is 2.79. The first-order chi connectivity index (χ1) is 12.2. The van der Waals surface area contributed by atoms with Gasteiger partial charge in [0.25, 0.3) is 0 Å². The van der Waals surface area contributed by atoms with Crippen molar-refractivity contribution in [2.45, 2.75) is 18.1 Å². The third-order valence-electron chi connectivity index (χ3n) is 3.71. The third kappa shape index (κ3) is 3.19. The third-order valence-corrected chi connectivity index (χ3v) is 4.18. The summed E-state index contributed by atoms with van der Waals surface area (Å²) >= 11 is 3.07. The molecule has 0 fully saturated rings. The first kappa shape index (κ1) is 18.4. The van der Waals surface area contributed by atoms with Gasteiger partial charge in [-0.05, 0) is 45.4 Å². The smallest absolute Gasteiger partial charge is 0.323 e. The minimum atomic E-state index is -4.07. The fourth-order valence-corrected chi connectivity index (χ4v) is 2.65. The van der Waals surface area contributed by atoms with Crippen LogP contribution in [0, 0.1) is 11.6 Å². The number of tetrazole rings is 1. The summed E-state index contributed by atoms with van der Waals surface area (Å²) in [7, 11) is 0. The lowest BCUT2D eigenvalue weighted by Crippen LogP contribution is -2.48. The standard InChI is InChI=1S/C15H10BrF4N5O/c16-9-1-4-13(21-6-9)15(19,20)14(26,7-25-23-8-22-24-25)11-3-2-10(17)5-12(11)18/h1-6,8,26H,7H2. The van der Waals surface area contributed by atoms with E-state index >= 15 is 8.78 Å². The molecule has 0 aliphatic heterocycles. The van der Waals surface area contributed by atoms with Crippen LogP contribution in [0.4, 0.5) is 17.6 Å². The second kappa shape index (κ2) is 6.72. The molecule has 26 heavy (non-hydrogen) atoms. The molecule has 3 aromatic rings. The van der Waals surface area contributed by atoms with E-state index in [1.807, 2.05) is 0 Å². The summed E-state index contributed by atoms with van der Waals surface area (Å²) in [5, 5.41) is 21.3. The van der Waals surface area contributed by atoms with Gasteiger partial charge in [0.15, 0.2) is 11.9 Å². The van der Waals surface area contributed by atoms with Gasteiger partial charge in [0.1, 0.15) is 23.9 Å². The molecule has 0 radical (unpaired) electrons. The molecule has 1 atom stereocenters. The number of rotatable bonds is 5. The van der Waals surface area contributed by atoms with E-state index in [9.17, 15) is 13.9 Å². The molecule has 1 unspecified atom stereocenters. The number of aromatic nitrogens is 5. The van der Waals surface area contributed by atoms with Gasteiger partial charge in [-0.2, -0.15) is 13.6 Å². The molecule has 136 valence electrons. The minimum Gasteiger partial charge on any atom is -0.377 e. The van der Waals surface area contributed by atoms with Crippen LogP contribution in [-0.4, -0.2) is 30.3 Å². The summed E-state index contributed by atoms with van der Waals surface area (Å²) in [6.07, 6.45) is 2.08. The van der Waals surface area contributed by atoms with Crippen molar-refractivity contribution in [3.05, 3.63) is 70.2 Å². The van der Waals surface area contributed by atoms with Crippen LogP contribution in [0.3, 0.4) is 0 Å². The largest absolute Gasteiger partial charge is 0.377 e. The lowest BCUT2D eigenvalue weighted by Gasteiger charge is -2.35. The summed E-state index contributed by atoms with van der Waals surface area (Å²) in [5.74, 6) is -6.39. The van der Waals surface area contributed by atoms with Crippen molar-refractivity contribution in [3.8, 4) is 0 Å². The van der Waals surface area contributed by atoms with E-state index in [1.165, 1.54) is 6.07 Å². The van der Waals surface area contributed by atoms with Crippen LogP contribution in [0.2, 0.25) is 0 Å². The second-order valence-corrected chi connectivity index (χ2v) is 6.30. The van der Waals surface area contributed by atoms with Gasteiger partial charge in [-0.1, -0.05) is 0 Å². The maximum absolute atomic E-state index is 15.2. The molecule has 0 aliphatic rings. The van der Waals surface area contributed by atoms with Crippen molar-refractivity contribution in [1.82, 2.24) is 25.2 Å². The Morgan fingerprint density at radius 1 is 1.15 bits per heavy atom. The van der Waals surface area contributed by atoms with Gasteiger partial charge in [0, 0.05) is 22.3 Å². The van der Waals surface area contributed by atoms with Crippen molar-refractivity contribution >= 4 is 15.9 Å². The Labute approximate surface area is 152 Å². The van der Waals surface area contributed by atoms with Crippen molar-refractivity contribution in [2.75, 3.05) is 0 Å². The van der Waals surface area contributed by atoms with Crippen molar-refractivity contribution in [3.63, 3.8) is 0 Å². The monoisotopic (exact) mass is 431 g/mol. The fraction of sp³-hybridized carbons (Fsp3) is 0.200. The van der Waals surface area contributed by atoms with Crippen LogP contribution in [-0.2, 0) is 18.1 Å². The minimum absolute atomic E-state index is 0.403. The molecule has 6 nitrogen and oxygen atoms in total. The Kier molecular flexibility index (Phi) is 4.76. The number of aliphatic hydroxyl groups is 1. The molecule has 0 saturated carbocycles. The van der Waals surface area contributed by atoms with Gasteiger partial charge in [-0.3, -0.25) is 4.98 Å². The Morgan fingerprint density at radius 2 is 1.92 bits per heavy atom. The van der Waals surface area contributed by atoms with Gasteiger partial charge in [0.2, 0.25) is 0 Å². The normalized spacial score (nSPS) is 14.2. The molecule has 0 saturated heterocycles. The molecule has 2 aromatic heterocycles. The van der Waals surface area contributed by atoms with Crippen LogP contribution in [0.1, 0.15) is 11.3 Å². The average molecular weight is 432 g/mol. The van der Waals surface area contributed by atoms with E-state index in [0.29, 0.717) is 15.3 Å². The van der Waals surface area contributed by atoms with Crippen LogP contribution in [0.15, 0.2) is 47.3 Å². The Morgan fingerprint density at radius 3 is 2.50 bits per heavy atom. The zero-order chi connectivity index (χ0) is 18.9. The van der Waals surface area contributed by atoms with Crippen molar-refractivity contribution in [1.29, 1.82) is 0 Å². The molecular weight excluding hydrogens is 422 g/mol. The van der Waals surface area contributed by atoms with Gasteiger partial charge < -0.3 is 5.11 Å². The summed E-state index contributed by atoms with van der Waals surface area (Å²) in [6.45, 7) is -0.944. The zero-order valence-corrected chi connectivity index (χ0v) is 14.4. The van der Waals surface area contributed by atoms with E-state index in [2.05, 4.69) is 36.3 Å². The van der Waals surface area contributed by atoms with Crippen LogP contribution in [0.5, 0.6) is 0 Å². The molecule has 0 bridgehead atoms. The van der Waals surface area contributed by atoms with Gasteiger partial charge in [-0.15, -0.1) is 10.2 Å². The quantitative estimate of drug-likeness (QED) is 0.628. The second-order valence-electron chi connectivity index (χ2n) is 5.39. The molecule has 0 aliphatic carbocycles. The number of benzene rings is 1. The van der Waals surface area contributed by atoms with Crippen LogP contribution >= 0.6 is 15.9 Å². The van der Waals surface area contributed by atoms with Gasteiger partial charge in [0.05, 0.1) is 0 Å². The molecule has 1 aromatic carbocycles. The highest BCUT2D eigenvalue weighted by Crippen LogP contribution is 2.46. The topological polar surface area (TPSA) is 76.7 Å². The van der Waals surface area contributed by atoms with Gasteiger partial charge in [-0.25, -0.2) is 8.78 Å². The molecule has 0 amide bonds. The van der Waals surface area contributed by atoms with Crippen molar-refractivity contribution in [2.24, 2.45) is 0 Å². The lowest BCUT2D eigenvalue weighted by atomic mass is 9.84. The van der Waals surface area contributed by atoms with E-state index < -0.39 is 41.0 Å². The Bertz CT molecular complexity index is 907. The number of alkyl halides is 2. The maximum Gasteiger partial charge on any atom is 0.323 e. The van der Waals surface area contributed by atoms with E-state index in [-0.39, 0.29) is 0 Å². The Hall–Kier alpha value is -2.40. The highest BCUT2D eigenvalue weighted by Gasteiger charge is 2.58. The highest BCUT2D eigenvalue weighted by molar-refractivity contribution is 9.10. The molecule has 3 rings (SSSR count). The summed E-state index contributed by atoms with van der Waals surface area (Å²) in [4.78, 5) is 4.28. The number of hydrogen-bond acceptors (Lipinski definition) is 5. The number of hydrogen-bond donors (Lipinski definition) is 1. The SMILES string of the molecule is OC(Cn1ncnn1)(c1ccc(F)cc1F)C(F)(F)c1ccc(Br)cn1. The van der Waals surface area contributed by atoms with Crippen molar-refractivity contribution < 1.29 is 22.7 Å². The maximum atomic E-state index is 15.2. The van der Waals surface area contributed by atoms with E-state index in [0.717, 1.165) is 30.7 Å². The molecule has 1 N–H and O–H groups in total. The summed E-state index contributed by atoms with van der Waals surface area (Å²) < 4.78 is 58.3. The highest BCUT2D eigenvalue weighted by atomic mass is 79.9. The first-order valence-electron chi connectivity index (χ1n) is 7.12. The van der Waals surface area contributed by atoms with Crippen LogP contribution < -0.4 is 0 Å². The van der Waals surface area contributed by atoms with Crippen LogP contribution in [0.25, 0.3) is 0 Å². The average Bonchev–Trinajstić information content (AvgIpc) is 3.07. The zero-order valence-electron chi connectivity index (χ0n) is 12.8. The summed E-state index contributed by atoms with van der Waals surface area (Å²) in [5.41, 5.74) is -4.80. The number of nitrogens with zero attached hydrogens (tertiary/aromatic N) is 5. The van der Waals surface area contributed by atoms with E-state index in [1.54, 1.807) is 0 Å². The molecule has 11 heteroatoms. The van der Waals surface area contributed by atoms with Gasteiger partial charge >= 0.3 is 5.92 Å². The number of halogens is 5. The summed E-state index contributed by atoms with van der Waals surface area (Å²) in [6, 6.07) is 4.19. The predicted molar refractivity (Wildman–Crippen MR) is 83.9 cm³/mol. The first-order valence-corrected chi connectivity index (χ1v) is 7.92. The molecular formula is C15H10BrF4N5O. The molecule has 0 spiro atoms. The number of pyridine rings is 1. The fourth-order valence-electron chi connectivity index (χ4n) is 2.42. The van der Waals surface area contributed by atoms with E-state index in [4.69, 9.17) is 0 Å².